The molecule has 0 unspecified atom stereocenters. The zero-order valence-corrected chi connectivity index (χ0v) is 18.7. The van der Waals surface area contributed by atoms with E-state index in [1.54, 1.807) is 43.4 Å². The first kappa shape index (κ1) is 26.6. The molecule has 0 aliphatic carbocycles. The molecule has 2 aromatic rings. The summed E-state index contributed by atoms with van der Waals surface area (Å²) in [5.74, 6) is -2.45. The van der Waals surface area contributed by atoms with Crippen LogP contribution >= 0.6 is 0 Å². The second-order valence-corrected chi connectivity index (χ2v) is 7.80. The minimum absolute atomic E-state index is 0.0431. The smallest absolute Gasteiger partial charge is 0.481 e. The second kappa shape index (κ2) is 12.6. The summed E-state index contributed by atoms with van der Waals surface area (Å²) in [5.41, 5.74) is 0.990. The van der Waals surface area contributed by atoms with Crippen LogP contribution < -0.4 is 21.0 Å². The minimum Gasteiger partial charge on any atom is -0.481 e. The molecule has 0 aliphatic heterocycles. The fraction of sp³-hybridized carbons (Fsp3) is 0.364. The lowest BCUT2D eigenvalue weighted by Gasteiger charge is -2.19. The van der Waals surface area contributed by atoms with E-state index in [0.29, 0.717) is 11.2 Å². The third-order valence-corrected chi connectivity index (χ3v) is 5.25. The molecule has 0 saturated heterocycles. The molecule has 0 radical (unpaired) electrons. The van der Waals surface area contributed by atoms with Crippen molar-refractivity contribution in [2.24, 2.45) is 0 Å². The van der Waals surface area contributed by atoms with Gasteiger partial charge in [-0.25, -0.2) is 9.59 Å². The Bertz CT molecular complexity index is 1050. The standard InChI is InChI=1S/C22H28BN3O8/c1-26(17-10-8-14-12-16(23(33)34)9-7-15(14)13-17)19(27)5-2-4-18(21(30)31)25-22(32)24-11-3-6-20(28)29/h7-10,12-13,18,33-34H,2-6,11H2,1H3,(H,28,29)(H,30,31)(H2,24,25,32)/t18-/m0/s1. The lowest BCUT2D eigenvalue weighted by atomic mass is 9.79. The highest BCUT2D eigenvalue weighted by Crippen LogP contribution is 2.22. The Hall–Kier alpha value is -3.64. The number of hydrogen-bond acceptors (Lipinski definition) is 6. The van der Waals surface area contributed by atoms with E-state index >= 15 is 0 Å². The number of hydrogen-bond donors (Lipinski definition) is 6. The predicted molar refractivity (Wildman–Crippen MR) is 126 cm³/mol. The third-order valence-electron chi connectivity index (χ3n) is 5.25. The van der Waals surface area contributed by atoms with Gasteiger partial charge >= 0.3 is 25.1 Å². The van der Waals surface area contributed by atoms with E-state index in [9.17, 15) is 34.3 Å². The third kappa shape index (κ3) is 8.05. The highest BCUT2D eigenvalue weighted by atomic mass is 16.4. The van der Waals surface area contributed by atoms with Crippen LogP contribution in [0.1, 0.15) is 32.1 Å². The van der Waals surface area contributed by atoms with Crippen LogP contribution in [0.15, 0.2) is 36.4 Å². The normalized spacial score (nSPS) is 11.5. The topological polar surface area (TPSA) is 176 Å². The summed E-state index contributed by atoms with van der Waals surface area (Å²) in [6.45, 7) is 0.0986. The number of carbonyl (C=O) groups excluding carboxylic acids is 2. The van der Waals surface area contributed by atoms with E-state index in [0.717, 1.165) is 10.8 Å². The monoisotopic (exact) mass is 473 g/mol. The van der Waals surface area contributed by atoms with E-state index in [1.807, 2.05) is 0 Å². The molecular formula is C22H28BN3O8. The van der Waals surface area contributed by atoms with Gasteiger partial charge in [-0.05, 0) is 47.6 Å². The summed E-state index contributed by atoms with van der Waals surface area (Å²) >= 11 is 0. The Morgan fingerprint density at radius 1 is 0.971 bits per heavy atom. The molecule has 11 nitrogen and oxygen atoms in total. The summed E-state index contributed by atoms with van der Waals surface area (Å²) in [4.78, 5) is 47.8. The van der Waals surface area contributed by atoms with E-state index in [-0.39, 0.29) is 44.6 Å². The Morgan fingerprint density at radius 3 is 2.29 bits per heavy atom. The molecule has 0 aliphatic rings. The molecule has 182 valence electrons. The number of benzene rings is 2. The quantitative estimate of drug-likeness (QED) is 0.188. The number of fused-ring (bicyclic) bond motifs is 1. The van der Waals surface area contributed by atoms with Crippen LogP contribution in [0.2, 0.25) is 0 Å². The second-order valence-electron chi connectivity index (χ2n) is 7.80. The molecule has 0 spiro atoms. The van der Waals surface area contributed by atoms with Gasteiger partial charge in [0.2, 0.25) is 5.91 Å². The number of amides is 3. The summed E-state index contributed by atoms with van der Waals surface area (Å²) in [7, 11) is 0.0350. The first-order valence-electron chi connectivity index (χ1n) is 10.7. The van der Waals surface area contributed by atoms with Gasteiger partial charge in [-0.15, -0.1) is 0 Å². The Kier molecular flexibility index (Phi) is 9.84. The zero-order chi connectivity index (χ0) is 25.3. The Morgan fingerprint density at radius 2 is 1.65 bits per heavy atom. The zero-order valence-electron chi connectivity index (χ0n) is 18.7. The van der Waals surface area contributed by atoms with Gasteiger partial charge in [0.25, 0.3) is 0 Å². The predicted octanol–water partition coefficient (Wildman–Crippen LogP) is 0.270. The first-order chi connectivity index (χ1) is 16.1. The molecule has 2 rings (SSSR count). The van der Waals surface area contributed by atoms with Crippen molar-refractivity contribution in [3.05, 3.63) is 36.4 Å². The maximum atomic E-state index is 12.6. The summed E-state index contributed by atoms with van der Waals surface area (Å²) < 4.78 is 0. The van der Waals surface area contributed by atoms with E-state index in [1.165, 1.54) is 4.90 Å². The van der Waals surface area contributed by atoms with Gasteiger partial charge in [-0.3, -0.25) is 9.59 Å². The van der Waals surface area contributed by atoms with Gasteiger partial charge in [0.15, 0.2) is 0 Å². The van der Waals surface area contributed by atoms with Gasteiger partial charge in [0, 0.05) is 32.1 Å². The van der Waals surface area contributed by atoms with Crippen molar-refractivity contribution in [1.29, 1.82) is 0 Å². The lowest BCUT2D eigenvalue weighted by Crippen LogP contribution is -2.46. The van der Waals surface area contributed by atoms with Crippen molar-refractivity contribution in [2.45, 2.75) is 38.1 Å². The van der Waals surface area contributed by atoms with E-state index in [2.05, 4.69) is 10.6 Å². The number of anilines is 1. The summed E-state index contributed by atoms with van der Waals surface area (Å²) in [5, 5.41) is 42.8. The maximum absolute atomic E-state index is 12.6. The number of carbonyl (C=O) groups is 4. The number of nitrogens with zero attached hydrogens (tertiary/aromatic N) is 1. The Labute approximate surface area is 196 Å². The molecular weight excluding hydrogens is 445 g/mol. The van der Waals surface area contributed by atoms with Crippen LogP contribution in [0, 0.1) is 0 Å². The van der Waals surface area contributed by atoms with Gasteiger partial charge in [-0.2, -0.15) is 0 Å². The van der Waals surface area contributed by atoms with Crippen LogP contribution in [0.4, 0.5) is 10.5 Å². The SMILES string of the molecule is CN(C(=O)CCC[C@H](NC(=O)NCCCC(=O)O)C(=O)O)c1ccc2cc(B(O)O)ccc2c1. The van der Waals surface area contributed by atoms with Gasteiger partial charge in [0.05, 0.1) is 0 Å². The van der Waals surface area contributed by atoms with Crippen LogP contribution in [0.25, 0.3) is 10.8 Å². The molecule has 12 heteroatoms. The number of urea groups is 1. The van der Waals surface area contributed by atoms with Crippen molar-refractivity contribution in [2.75, 3.05) is 18.5 Å². The van der Waals surface area contributed by atoms with Gasteiger partial charge in [0.1, 0.15) is 6.04 Å². The molecule has 2 aromatic carbocycles. The average Bonchev–Trinajstić information content (AvgIpc) is 2.79. The molecule has 0 saturated carbocycles. The molecule has 1 atom stereocenters. The summed E-state index contributed by atoms with van der Waals surface area (Å²) in [6, 6.07) is 8.33. The maximum Gasteiger partial charge on any atom is 0.488 e. The van der Waals surface area contributed by atoms with Crippen LogP contribution in [0.5, 0.6) is 0 Å². The minimum atomic E-state index is -1.57. The van der Waals surface area contributed by atoms with Crippen molar-refractivity contribution in [3.8, 4) is 0 Å². The highest BCUT2D eigenvalue weighted by molar-refractivity contribution is 6.58. The fourth-order valence-corrected chi connectivity index (χ4v) is 3.30. The number of carboxylic acids is 2. The van der Waals surface area contributed by atoms with Gasteiger partial charge in [-0.1, -0.05) is 24.3 Å². The van der Waals surface area contributed by atoms with Crippen LogP contribution in [0.3, 0.4) is 0 Å². The molecule has 6 N–H and O–H groups in total. The van der Waals surface area contributed by atoms with Crippen molar-refractivity contribution < 1.29 is 39.4 Å². The van der Waals surface area contributed by atoms with Crippen molar-refractivity contribution in [3.63, 3.8) is 0 Å². The molecule has 0 aromatic heterocycles. The molecule has 0 fully saturated rings. The number of aliphatic carboxylic acids is 2. The van der Waals surface area contributed by atoms with Crippen LogP contribution in [-0.4, -0.2) is 70.9 Å². The highest BCUT2D eigenvalue weighted by Gasteiger charge is 2.21. The lowest BCUT2D eigenvalue weighted by molar-refractivity contribution is -0.139. The number of carboxylic acid groups (broad SMARTS) is 2. The molecule has 3 amide bonds. The summed E-state index contributed by atoms with van der Waals surface area (Å²) in [6.07, 6.45) is 0.449. The number of nitrogens with one attached hydrogen (secondary N) is 2. The largest absolute Gasteiger partial charge is 0.488 e. The van der Waals surface area contributed by atoms with Crippen molar-refractivity contribution in [1.82, 2.24) is 10.6 Å². The first-order valence-corrected chi connectivity index (χ1v) is 10.7. The van der Waals surface area contributed by atoms with Gasteiger partial charge < -0.3 is 35.8 Å². The van der Waals surface area contributed by atoms with E-state index < -0.39 is 31.1 Å². The van der Waals surface area contributed by atoms with Crippen LogP contribution in [-0.2, 0) is 14.4 Å². The number of rotatable bonds is 12. The average molecular weight is 473 g/mol. The van der Waals surface area contributed by atoms with E-state index in [4.69, 9.17) is 5.11 Å². The Balaban J connectivity index is 1.87. The molecule has 34 heavy (non-hydrogen) atoms. The molecule has 0 heterocycles. The molecule has 0 bridgehead atoms. The van der Waals surface area contributed by atoms with Crippen molar-refractivity contribution >= 4 is 52.9 Å². The fourth-order valence-electron chi connectivity index (χ4n) is 3.30.